The highest BCUT2D eigenvalue weighted by molar-refractivity contribution is 5.91. The van der Waals surface area contributed by atoms with Crippen molar-refractivity contribution >= 4 is 22.8 Å². The van der Waals surface area contributed by atoms with Crippen molar-refractivity contribution in [2.24, 2.45) is 5.41 Å². The van der Waals surface area contributed by atoms with E-state index in [9.17, 15) is 18.7 Å². The summed E-state index contributed by atoms with van der Waals surface area (Å²) >= 11 is 0. The van der Waals surface area contributed by atoms with E-state index in [0.717, 1.165) is 12.4 Å². The van der Waals surface area contributed by atoms with E-state index in [1.54, 1.807) is 6.20 Å². The van der Waals surface area contributed by atoms with Crippen molar-refractivity contribution in [3.63, 3.8) is 0 Å². The lowest BCUT2D eigenvalue weighted by Crippen LogP contribution is -2.52. The molecule has 9 heteroatoms. The van der Waals surface area contributed by atoms with Crippen LogP contribution in [0.2, 0.25) is 0 Å². The van der Waals surface area contributed by atoms with Crippen LogP contribution in [0.15, 0.2) is 24.7 Å². The number of rotatable bonds is 4. The quantitative estimate of drug-likeness (QED) is 0.651. The van der Waals surface area contributed by atoms with E-state index in [4.69, 9.17) is 0 Å². The molecule has 3 N–H and O–H groups in total. The van der Waals surface area contributed by atoms with E-state index in [2.05, 4.69) is 25.3 Å². The molecule has 3 aliphatic rings. The molecule has 0 saturated heterocycles. The fourth-order valence-corrected chi connectivity index (χ4v) is 4.48. The molecule has 0 unspecified atom stereocenters. The molecule has 6 rings (SSSR count). The minimum Gasteiger partial charge on any atom is -0.481 e. The molecule has 0 spiro atoms. The SMILES string of the molecule is O=C(O)C12CCC(Nc3nc(-c4c[nH]c5ncc(F)cc45)ncc3F)(C1)C2. The summed E-state index contributed by atoms with van der Waals surface area (Å²) in [5.74, 6) is -1.64. The summed E-state index contributed by atoms with van der Waals surface area (Å²) in [6.07, 6.45) is 5.90. The number of nitrogens with zero attached hydrogens (tertiary/aromatic N) is 3. The lowest BCUT2D eigenvalue weighted by atomic mass is 9.65. The number of halogens is 2. The molecule has 3 fully saturated rings. The third kappa shape index (κ3) is 2.30. The summed E-state index contributed by atoms with van der Waals surface area (Å²) < 4.78 is 27.8. The Bertz CT molecular complexity index is 1090. The van der Waals surface area contributed by atoms with Crippen molar-refractivity contribution in [3.05, 3.63) is 36.3 Å². The Kier molecular flexibility index (Phi) is 3.11. The molecule has 3 aliphatic carbocycles. The van der Waals surface area contributed by atoms with Crippen LogP contribution in [-0.4, -0.2) is 36.6 Å². The van der Waals surface area contributed by atoms with E-state index >= 15 is 0 Å². The molecule has 2 bridgehead atoms. The van der Waals surface area contributed by atoms with E-state index in [1.807, 2.05) is 0 Å². The summed E-state index contributed by atoms with van der Waals surface area (Å²) in [5, 5.41) is 13.0. The molecule has 0 atom stereocenters. The van der Waals surface area contributed by atoms with Gasteiger partial charge >= 0.3 is 5.97 Å². The van der Waals surface area contributed by atoms with Crippen molar-refractivity contribution < 1.29 is 18.7 Å². The Morgan fingerprint density at radius 3 is 2.78 bits per heavy atom. The highest BCUT2D eigenvalue weighted by Gasteiger charge is 2.65. The smallest absolute Gasteiger partial charge is 0.309 e. The van der Waals surface area contributed by atoms with Gasteiger partial charge in [0.25, 0.3) is 0 Å². The van der Waals surface area contributed by atoms with Crippen molar-refractivity contribution in [2.75, 3.05) is 5.32 Å². The van der Waals surface area contributed by atoms with Gasteiger partial charge in [0.15, 0.2) is 17.5 Å². The minimum absolute atomic E-state index is 0.0274. The Morgan fingerprint density at radius 1 is 1.22 bits per heavy atom. The number of carbonyl (C=O) groups is 1. The first-order valence-electron chi connectivity index (χ1n) is 8.57. The number of aromatic amines is 1. The lowest BCUT2D eigenvalue weighted by Gasteiger charge is -2.45. The van der Waals surface area contributed by atoms with Gasteiger partial charge in [-0.15, -0.1) is 0 Å². The van der Waals surface area contributed by atoms with Crippen LogP contribution in [-0.2, 0) is 4.79 Å². The van der Waals surface area contributed by atoms with Crippen LogP contribution in [0.3, 0.4) is 0 Å². The number of hydrogen-bond donors (Lipinski definition) is 3. The van der Waals surface area contributed by atoms with Crippen LogP contribution < -0.4 is 5.32 Å². The molecule has 3 aromatic rings. The highest BCUT2D eigenvalue weighted by atomic mass is 19.1. The van der Waals surface area contributed by atoms with Gasteiger partial charge in [-0.25, -0.2) is 23.7 Å². The molecular weight excluding hydrogens is 356 g/mol. The molecule has 3 saturated carbocycles. The number of H-pyrrole nitrogens is 1. The van der Waals surface area contributed by atoms with Crippen LogP contribution in [0.4, 0.5) is 14.6 Å². The third-order valence-corrected chi connectivity index (χ3v) is 5.76. The summed E-state index contributed by atoms with van der Waals surface area (Å²) in [6.45, 7) is 0. The van der Waals surface area contributed by atoms with Crippen molar-refractivity contribution in [1.29, 1.82) is 0 Å². The van der Waals surface area contributed by atoms with Gasteiger partial charge in [0.05, 0.1) is 17.8 Å². The molecule has 3 heterocycles. The Balaban J connectivity index is 1.49. The summed E-state index contributed by atoms with van der Waals surface area (Å²) in [5.41, 5.74) is -0.149. The number of anilines is 1. The molecule has 27 heavy (non-hydrogen) atoms. The molecular formula is C18H15F2N5O2. The summed E-state index contributed by atoms with van der Waals surface area (Å²) in [7, 11) is 0. The number of carboxylic acid groups (broad SMARTS) is 1. The molecule has 0 radical (unpaired) electrons. The van der Waals surface area contributed by atoms with Crippen LogP contribution in [0, 0.1) is 17.0 Å². The minimum atomic E-state index is -0.797. The largest absolute Gasteiger partial charge is 0.481 e. The summed E-state index contributed by atoms with van der Waals surface area (Å²) in [4.78, 5) is 26.6. The van der Waals surface area contributed by atoms with Crippen LogP contribution in [0.1, 0.15) is 25.7 Å². The predicted molar refractivity (Wildman–Crippen MR) is 91.9 cm³/mol. The van der Waals surface area contributed by atoms with Gasteiger partial charge < -0.3 is 15.4 Å². The Labute approximate surface area is 151 Å². The van der Waals surface area contributed by atoms with E-state index in [1.165, 1.54) is 6.07 Å². The van der Waals surface area contributed by atoms with Crippen LogP contribution in [0.25, 0.3) is 22.4 Å². The maximum atomic E-state index is 14.3. The van der Waals surface area contributed by atoms with Crippen molar-refractivity contribution in [1.82, 2.24) is 19.9 Å². The number of fused-ring (bicyclic) bond motifs is 2. The third-order valence-electron chi connectivity index (χ3n) is 5.76. The number of hydrogen-bond acceptors (Lipinski definition) is 5. The molecule has 7 nitrogen and oxygen atoms in total. The number of carboxylic acids is 1. The van der Waals surface area contributed by atoms with Crippen molar-refractivity contribution in [3.8, 4) is 11.4 Å². The Morgan fingerprint density at radius 2 is 2.04 bits per heavy atom. The number of aromatic nitrogens is 4. The molecule has 0 amide bonds. The van der Waals surface area contributed by atoms with Crippen LogP contribution in [0.5, 0.6) is 0 Å². The lowest BCUT2D eigenvalue weighted by molar-refractivity contribution is -0.153. The van der Waals surface area contributed by atoms with Gasteiger partial charge in [0.1, 0.15) is 11.5 Å². The second kappa shape index (κ2) is 5.21. The van der Waals surface area contributed by atoms with E-state index in [-0.39, 0.29) is 11.6 Å². The zero-order valence-corrected chi connectivity index (χ0v) is 14.1. The van der Waals surface area contributed by atoms with Crippen LogP contribution >= 0.6 is 0 Å². The normalized spacial score (nSPS) is 26.1. The molecule has 0 aliphatic heterocycles. The summed E-state index contributed by atoms with van der Waals surface area (Å²) in [6, 6.07) is 1.32. The first-order valence-corrected chi connectivity index (χ1v) is 8.57. The van der Waals surface area contributed by atoms with Gasteiger partial charge in [-0.3, -0.25) is 4.79 Å². The average Bonchev–Trinajstić information content (AvgIpc) is 3.28. The van der Waals surface area contributed by atoms with Crippen molar-refractivity contribution in [2.45, 2.75) is 31.2 Å². The first kappa shape index (κ1) is 16.1. The monoisotopic (exact) mass is 371 g/mol. The number of nitrogens with one attached hydrogen (secondary N) is 2. The maximum Gasteiger partial charge on any atom is 0.309 e. The van der Waals surface area contributed by atoms with Gasteiger partial charge in [-0.2, -0.15) is 0 Å². The van der Waals surface area contributed by atoms with Gasteiger partial charge in [0.2, 0.25) is 0 Å². The average molecular weight is 371 g/mol. The first-order chi connectivity index (χ1) is 12.9. The van der Waals surface area contributed by atoms with Gasteiger partial charge in [0, 0.05) is 22.7 Å². The second-order valence-corrected chi connectivity index (χ2v) is 7.49. The van der Waals surface area contributed by atoms with E-state index in [0.29, 0.717) is 42.3 Å². The van der Waals surface area contributed by atoms with E-state index < -0.39 is 28.6 Å². The molecule has 3 aromatic heterocycles. The molecule has 0 aromatic carbocycles. The zero-order chi connectivity index (χ0) is 18.8. The number of aliphatic carboxylic acids is 1. The van der Waals surface area contributed by atoms with Gasteiger partial charge in [-0.05, 0) is 31.7 Å². The highest BCUT2D eigenvalue weighted by Crippen LogP contribution is 2.62. The zero-order valence-electron chi connectivity index (χ0n) is 14.1. The second-order valence-electron chi connectivity index (χ2n) is 7.49. The standard InChI is InChI=1S/C18H15F2N5O2/c19-9-3-10-11(5-22-13(10)21-4-9)14-23-6-12(20)15(24-14)25-18-2-1-17(7-18,8-18)16(26)27/h3-6H,1-2,7-8H2,(H,21,22)(H,26,27)(H,23,24,25). The van der Waals surface area contributed by atoms with Gasteiger partial charge in [-0.1, -0.05) is 0 Å². The Hall–Kier alpha value is -3.10. The number of pyridine rings is 1. The fraction of sp³-hybridized carbons (Fsp3) is 0.333. The predicted octanol–water partition coefficient (Wildman–Crippen LogP) is 3.11. The topological polar surface area (TPSA) is 104 Å². The maximum absolute atomic E-state index is 14.3. The molecule has 138 valence electrons. The fourth-order valence-electron chi connectivity index (χ4n) is 4.48.